The molecule has 0 aliphatic heterocycles. The zero-order valence-electron chi connectivity index (χ0n) is 13.2. The fraction of sp³-hybridized carbons (Fsp3) is 0.118. The van der Waals surface area contributed by atoms with Crippen molar-refractivity contribution in [3.8, 4) is 0 Å². The van der Waals surface area contributed by atoms with Gasteiger partial charge in [-0.1, -0.05) is 0 Å². The third-order valence-electron chi connectivity index (χ3n) is 3.57. The van der Waals surface area contributed by atoms with Crippen LogP contribution in [-0.2, 0) is 12.4 Å². The third-order valence-corrected chi connectivity index (χ3v) is 3.57. The van der Waals surface area contributed by atoms with Crippen molar-refractivity contribution in [1.29, 1.82) is 0 Å². The summed E-state index contributed by atoms with van der Waals surface area (Å²) in [5, 5.41) is 2.65. The number of anilines is 1. The number of nitrogens with one attached hydrogen (secondary N) is 1. The van der Waals surface area contributed by atoms with Crippen LogP contribution >= 0.6 is 0 Å². The van der Waals surface area contributed by atoms with Crippen molar-refractivity contribution < 1.29 is 31.1 Å². The Morgan fingerprint density at radius 2 is 1.52 bits per heavy atom. The van der Waals surface area contributed by atoms with Gasteiger partial charge >= 0.3 is 12.4 Å². The number of hydrogen-bond acceptors (Lipinski definition) is 3. The number of rotatable bonds is 2. The fourth-order valence-corrected chi connectivity index (χ4v) is 2.31. The number of aromatic nitrogens is 2. The van der Waals surface area contributed by atoms with E-state index in [2.05, 4.69) is 9.97 Å². The van der Waals surface area contributed by atoms with E-state index >= 15 is 0 Å². The first-order valence-electron chi connectivity index (χ1n) is 7.36. The topological polar surface area (TPSA) is 54.9 Å². The summed E-state index contributed by atoms with van der Waals surface area (Å²) in [5.41, 5.74) is -3.45. The molecular formula is C17H9F6N3O. The molecule has 3 aromatic rings. The first-order valence-corrected chi connectivity index (χ1v) is 7.36. The Morgan fingerprint density at radius 1 is 0.889 bits per heavy atom. The molecular weight excluding hydrogens is 376 g/mol. The van der Waals surface area contributed by atoms with E-state index in [9.17, 15) is 31.1 Å². The minimum absolute atomic E-state index is 0.0169. The number of carbonyl (C=O) groups is 1. The molecule has 1 aromatic carbocycles. The summed E-state index contributed by atoms with van der Waals surface area (Å²) >= 11 is 0. The number of halogens is 6. The molecule has 0 fully saturated rings. The van der Waals surface area contributed by atoms with Gasteiger partial charge in [-0.25, -0.2) is 4.98 Å². The van der Waals surface area contributed by atoms with Crippen LogP contribution in [0, 0.1) is 0 Å². The average Bonchev–Trinajstić information content (AvgIpc) is 2.59. The molecule has 2 aromatic heterocycles. The quantitative estimate of drug-likeness (QED) is 0.637. The number of alkyl halides is 6. The van der Waals surface area contributed by atoms with Crippen LogP contribution in [0.2, 0.25) is 0 Å². The van der Waals surface area contributed by atoms with Gasteiger partial charge in [-0.05, 0) is 36.4 Å². The van der Waals surface area contributed by atoms with Crippen LogP contribution in [0.15, 0.2) is 48.8 Å². The van der Waals surface area contributed by atoms with Crippen molar-refractivity contribution in [3.05, 3.63) is 65.6 Å². The molecule has 0 bridgehead atoms. The predicted octanol–water partition coefficient (Wildman–Crippen LogP) is 4.92. The van der Waals surface area contributed by atoms with Gasteiger partial charge in [0.1, 0.15) is 5.69 Å². The van der Waals surface area contributed by atoms with Crippen molar-refractivity contribution in [2.75, 3.05) is 5.32 Å². The molecule has 10 heteroatoms. The molecule has 0 spiro atoms. The van der Waals surface area contributed by atoms with Gasteiger partial charge in [0.25, 0.3) is 5.91 Å². The Kier molecular flexibility index (Phi) is 4.50. The second kappa shape index (κ2) is 6.53. The first kappa shape index (κ1) is 18.6. The average molecular weight is 385 g/mol. The molecule has 4 nitrogen and oxygen atoms in total. The molecule has 0 aliphatic rings. The van der Waals surface area contributed by atoms with Crippen LogP contribution < -0.4 is 5.32 Å². The number of fused-ring (bicyclic) bond motifs is 1. The highest BCUT2D eigenvalue weighted by Gasteiger charge is 2.37. The standard InChI is InChI=1S/C17H9F6N3O/c18-16(19,20)10-5-11(17(21,22)23)7-12(6-10)25-15(27)14-2-1-9-8-24-4-3-13(9)26-14/h1-8H,(H,25,27). The molecule has 0 aliphatic carbocycles. The molecule has 0 saturated carbocycles. The zero-order valence-corrected chi connectivity index (χ0v) is 13.2. The van der Waals surface area contributed by atoms with E-state index in [4.69, 9.17) is 0 Å². The van der Waals surface area contributed by atoms with Gasteiger partial charge in [0, 0.05) is 23.5 Å². The van der Waals surface area contributed by atoms with Gasteiger partial charge in [-0.2, -0.15) is 26.3 Å². The molecule has 27 heavy (non-hydrogen) atoms. The fourth-order valence-electron chi connectivity index (χ4n) is 2.31. The van der Waals surface area contributed by atoms with Gasteiger partial charge in [0.05, 0.1) is 16.6 Å². The van der Waals surface area contributed by atoms with Crippen LogP contribution in [0.3, 0.4) is 0 Å². The van der Waals surface area contributed by atoms with Crippen molar-refractivity contribution in [2.45, 2.75) is 12.4 Å². The largest absolute Gasteiger partial charge is 0.416 e. The Balaban J connectivity index is 1.96. The number of amides is 1. The van der Waals surface area contributed by atoms with Gasteiger partial charge in [0.2, 0.25) is 0 Å². The van der Waals surface area contributed by atoms with Crippen LogP contribution in [0.4, 0.5) is 32.0 Å². The molecule has 2 heterocycles. The van der Waals surface area contributed by atoms with E-state index in [1.165, 1.54) is 30.6 Å². The smallest absolute Gasteiger partial charge is 0.321 e. The summed E-state index contributed by atoms with van der Waals surface area (Å²) in [4.78, 5) is 20.1. The van der Waals surface area contributed by atoms with E-state index < -0.39 is 35.1 Å². The lowest BCUT2D eigenvalue weighted by Gasteiger charge is -2.14. The molecule has 1 N–H and O–H groups in total. The van der Waals surface area contributed by atoms with E-state index in [0.717, 1.165) is 0 Å². The van der Waals surface area contributed by atoms with Crippen molar-refractivity contribution in [3.63, 3.8) is 0 Å². The molecule has 0 saturated heterocycles. The summed E-state index contributed by atoms with van der Waals surface area (Å²) in [6.07, 6.45) is -7.09. The lowest BCUT2D eigenvalue weighted by Crippen LogP contribution is -2.16. The van der Waals surface area contributed by atoms with Crippen molar-refractivity contribution in [1.82, 2.24) is 9.97 Å². The maximum atomic E-state index is 12.9. The summed E-state index contributed by atoms with van der Waals surface area (Å²) in [7, 11) is 0. The molecule has 140 valence electrons. The molecule has 0 unspecified atom stereocenters. The van der Waals surface area contributed by atoms with Crippen LogP contribution in [0.1, 0.15) is 21.6 Å². The Morgan fingerprint density at radius 3 is 2.11 bits per heavy atom. The van der Waals surface area contributed by atoms with Crippen LogP contribution in [0.25, 0.3) is 10.9 Å². The van der Waals surface area contributed by atoms with E-state index in [0.29, 0.717) is 23.0 Å². The van der Waals surface area contributed by atoms with Crippen LogP contribution in [-0.4, -0.2) is 15.9 Å². The monoisotopic (exact) mass is 385 g/mol. The second-order valence-electron chi connectivity index (χ2n) is 5.51. The third kappa shape index (κ3) is 4.15. The minimum atomic E-state index is -5.01. The Labute approximate surface area is 147 Å². The number of pyridine rings is 2. The maximum absolute atomic E-state index is 12.9. The first-order chi connectivity index (χ1) is 12.5. The number of hydrogen-bond donors (Lipinski definition) is 1. The molecule has 3 rings (SSSR count). The lowest BCUT2D eigenvalue weighted by atomic mass is 10.1. The number of nitrogens with zero attached hydrogens (tertiary/aromatic N) is 2. The summed E-state index contributed by atoms with van der Waals surface area (Å²) in [6.45, 7) is 0. The normalized spacial score (nSPS) is 12.2. The second-order valence-corrected chi connectivity index (χ2v) is 5.51. The Hall–Kier alpha value is -3.17. The summed E-state index contributed by atoms with van der Waals surface area (Å²) in [6, 6.07) is 5.15. The SMILES string of the molecule is O=C(Nc1cc(C(F)(F)F)cc(C(F)(F)F)c1)c1ccc2cnccc2n1. The minimum Gasteiger partial charge on any atom is -0.321 e. The van der Waals surface area contributed by atoms with E-state index in [1.54, 1.807) is 0 Å². The van der Waals surface area contributed by atoms with Crippen LogP contribution in [0.5, 0.6) is 0 Å². The van der Waals surface area contributed by atoms with E-state index in [1.807, 2.05) is 5.32 Å². The van der Waals surface area contributed by atoms with Crippen molar-refractivity contribution in [2.24, 2.45) is 0 Å². The van der Waals surface area contributed by atoms with Gasteiger partial charge in [0.15, 0.2) is 0 Å². The highest BCUT2D eigenvalue weighted by molar-refractivity contribution is 6.04. The zero-order chi connectivity index (χ0) is 19.8. The number of carbonyl (C=O) groups excluding carboxylic acids is 1. The summed E-state index contributed by atoms with van der Waals surface area (Å²) < 4.78 is 77.2. The maximum Gasteiger partial charge on any atom is 0.416 e. The molecule has 0 atom stereocenters. The Bertz CT molecular complexity index is 981. The highest BCUT2D eigenvalue weighted by Crippen LogP contribution is 2.37. The van der Waals surface area contributed by atoms with Gasteiger partial charge in [-0.15, -0.1) is 0 Å². The highest BCUT2D eigenvalue weighted by atomic mass is 19.4. The van der Waals surface area contributed by atoms with Crippen molar-refractivity contribution >= 4 is 22.5 Å². The lowest BCUT2D eigenvalue weighted by molar-refractivity contribution is -0.143. The van der Waals surface area contributed by atoms with Gasteiger partial charge < -0.3 is 5.32 Å². The van der Waals surface area contributed by atoms with Gasteiger partial charge in [-0.3, -0.25) is 9.78 Å². The molecule has 0 radical (unpaired) electrons. The molecule has 1 amide bonds. The van der Waals surface area contributed by atoms with E-state index in [-0.39, 0.29) is 11.8 Å². The predicted molar refractivity (Wildman–Crippen MR) is 83.9 cm³/mol. The summed E-state index contributed by atoms with van der Waals surface area (Å²) in [5.74, 6) is -0.943. The number of benzene rings is 1.